The molecule has 0 aromatic heterocycles. The molecule has 16 heavy (non-hydrogen) atoms. The third-order valence-corrected chi connectivity index (χ3v) is 3.82. The summed E-state index contributed by atoms with van der Waals surface area (Å²) in [5, 5.41) is 10.5. The van der Waals surface area contributed by atoms with E-state index in [4.69, 9.17) is 0 Å². The van der Waals surface area contributed by atoms with Crippen molar-refractivity contribution < 1.29 is 9.90 Å². The van der Waals surface area contributed by atoms with E-state index in [-0.39, 0.29) is 6.54 Å². The van der Waals surface area contributed by atoms with E-state index in [0.29, 0.717) is 6.04 Å². The van der Waals surface area contributed by atoms with Gasteiger partial charge in [-0.3, -0.25) is 4.90 Å². The van der Waals surface area contributed by atoms with Crippen LogP contribution in [0.4, 0.5) is 0 Å². The zero-order chi connectivity index (χ0) is 11.4. The zero-order valence-electron chi connectivity index (χ0n) is 9.86. The smallest absolute Gasteiger partial charge is 0.0555 e. The Morgan fingerprint density at radius 1 is 1.06 bits per heavy atom. The number of piperidine rings is 2. The largest absolute Gasteiger partial charge is 0.549 e. The zero-order valence-corrected chi connectivity index (χ0v) is 9.86. The van der Waals surface area contributed by atoms with Crippen molar-refractivity contribution in [1.82, 2.24) is 9.80 Å². The molecule has 0 N–H and O–H groups in total. The molecule has 0 spiro atoms. The molecule has 2 aliphatic rings. The van der Waals surface area contributed by atoms with Crippen LogP contribution in [-0.4, -0.2) is 54.5 Å². The maximum Gasteiger partial charge on any atom is 0.0555 e. The molecule has 0 saturated carbocycles. The first-order chi connectivity index (χ1) is 7.75. The summed E-state index contributed by atoms with van der Waals surface area (Å²) in [5.41, 5.74) is 0. The molecule has 4 heteroatoms. The predicted molar refractivity (Wildman–Crippen MR) is 59.9 cm³/mol. The second-order valence-corrected chi connectivity index (χ2v) is 4.98. The second kappa shape index (κ2) is 5.64. The average molecular weight is 225 g/mol. The topological polar surface area (TPSA) is 46.6 Å². The van der Waals surface area contributed by atoms with E-state index in [0.717, 1.165) is 25.9 Å². The molecule has 0 radical (unpaired) electrons. The predicted octanol–water partition coefficient (Wildman–Crippen LogP) is -0.313. The Labute approximate surface area is 97.2 Å². The van der Waals surface area contributed by atoms with Crippen molar-refractivity contribution in [2.24, 2.45) is 0 Å². The Morgan fingerprint density at radius 2 is 1.69 bits per heavy atom. The fourth-order valence-corrected chi connectivity index (χ4v) is 2.91. The van der Waals surface area contributed by atoms with Crippen LogP contribution in [0.5, 0.6) is 0 Å². The van der Waals surface area contributed by atoms with Crippen LogP contribution in [0.1, 0.15) is 32.1 Å². The van der Waals surface area contributed by atoms with Crippen LogP contribution < -0.4 is 5.11 Å². The number of hydrogen-bond acceptors (Lipinski definition) is 4. The molecule has 2 saturated heterocycles. The van der Waals surface area contributed by atoms with Gasteiger partial charge < -0.3 is 14.8 Å². The lowest BCUT2D eigenvalue weighted by Crippen LogP contribution is -2.49. The van der Waals surface area contributed by atoms with Gasteiger partial charge in [-0.1, -0.05) is 6.42 Å². The van der Waals surface area contributed by atoms with Gasteiger partial charge >= 0.3 is 0 Å². The minimum atomic E-state index is -0.948. The first-order valence-corrected chi connectivity index (χ1v) is 6.42. The van der Waals surface area contributed by atoms with Gasteiger partial charge in [0.25, 0.3) is 0 Å². The van der Waals surface area contributed by atoms with Crippen molar-refractivity contribution in [3.05, 3.63) is 0 Å². The molecular weight excluding hydrogens is 204 g/mol. The number of carboxylic acid groups (broad SMARTS) is 1. The van der Waals surface area contributed by atoms with Gasteiger partial charge in [0, 0.05) is 25.7 Å². The number of carbonyl (C=O) groups excluding carboxylic acids is 1. The van der Waals surface area contributed by atoms with E-state index < -0.39 is 5.97 Å². The Hall–Kier alpha value is -0.610. The van der Waals surface area contributed by atoms with E-state index in [1.807, 2.05) is 4.90 Å². The standard InChI is InChI=1S/C12H22N2O2/c15-12(16)10-13-8-4-11(5-9-13)14-6-2-1-3-7-14/h11H,1-10H2,(H,15,16)/p-1. The Kier molecular flexibility index (Phi) is 4.18. The molecule has 0 unspecified atom stereocenters. The fourth-order valence-electron chi connectivity index (χ4n) is 2.91. The Morgan fingerprint density at radius 3 is 2.25 bits per heavy atom. The number of hydrogen-bond donors (Lipinski definition) is 0. The van der Waals surface area contributed by atoms with Gasteiger partial charge in [0.05, 0.1) is 5.97 Å². The van der Waals surface area contributed by atoms with Crippen LogP contribution in [0.25, 0.3) is 0 Å². The van der Waals surface area contributed by atoms with Crippen LogP contribution in [0, 0.1) is 0 Å². The molecule has 4 nitrogen and oxygen atoms in total. The molecule has 0 amide bonds. The van der Waals surface area contributed by atoms with Crippen LogP contribution >= 0.6 is 0 Å². The van der Waals surface area contributed by atoms with Gasteiger partial charge in [-0.05, 0) is 38.8 Å². The Balaban J connectivity index is 1.73. The van der Waals surface area contributed by atoms with Crippen LogP contribution in [0.3, 0.4) is 0 Å². The van der Waals surface area contributed by atoms with E-state index in [1.54, 1.807) is 0 Å². The lowest BCUT2D eigenvalue weighted by Gasteiger charge is -2.40. The minimum Gasteiger partial charge on any atom is -0.549 e. The van der Waals surface area contributed by atoms with Gasteiger partial charge in [0.2, 0.25) is 0 Å². The highest BCUT2D eigenvalue weighted by molar-refractivity contribution is 5.66. The molecule has 2 rings (SSSR count). The molecule has 0 bridgehead atoms. The summed E-state index contributed by atoms with van der Waals surface area (Å²) in [6.07, 6.45) is 6.28. The first-order valence-electron chi connectivity index (χ1n) is 6.42. The van der Waals surface area contributed by atoms with E-state index in [1.165, 1.54) is 32.4 Å². The van der Waals surface area contributed by atoms with E-state index >= 15 is 0 Å². The van der Waals surface area contributed by atoms with Crippen LogP contribution in [0.15, 0.2) is 0 Å². The lowest BCUT2D eigenvalue weighted by atomic mass is 10.00. The summed E-state index contributed by atoms with van der Waals surface area (Å²) in [5.74, 6) is -0.948. The molecular formula is C12H21N2O2-. The number of carbonyl (C=O) groups is 1. The van der Waals surface area contributed by atoms with Crippen LogP contribution in [-0.2, 0) is 4.79 Å². The third kappa shape index (κ3) is 3.19. The first kappa shape index (κ1) is 11.9. The lowest BCUT2D eigenvalue weighted by molar-refractivity contribution is -0.306. The maximum atomic E-state index is 10.5. The van der Waals surface area contributed by atoms with Gasteiger partial charge in [0.15, 0.2) is 0 Å². The van der Waals surface area contributed by atoms with Crippen molar-refractivity contribution in [3.63, 3.8) is 0 Å². The fraction of sp³-hybridized carbons (Fsp3) is 0.917. The quantitative estimate of drug-likeness (QED) is 0.661. The number of rotatable bonds is 3. The molecule has 92 valence electrons. The molecule has 2 heterocycles. The molecule has 0 aromatic rings. The highest BCUT2D eigenvalue weighted by Crippen LogP contribution is 2.20. The van der Waals surface area contributed by atoms with Crippen molar-refractivity contribution in [2.45, 2.75) is 38.1 Å². The molecule has 2 aliphatic heterocycles. The summed E-state index contributed by atoms with van der Waals surface area (Å²) in [6.45, 7) is 4.41. The molecule has 0 aliphatic carbocycles. The van der Waals surface area contributed by atoms with E-state index in [2.05, 4.69) is 4.90 Å². The number of nitrogens with zero attached hydrogens (tertiary/aromatic N) is 2. The molecule has 0 aromatic carbocycles. The second-order valence-electron chi connectivity index (χ2n) is 4.98. The van der Waals surface area contributed by atoms with E-state index in [9.17, 15) is 9.90 Å². The number of carboxylic acids is 1. The molecule has 2 fully saturated rings. The van der Waals surface area contributed by atoms with Crippen LogP contribution in [0.2, 0.25) is 0 Å². The summed E-state index contributed by atoms with van der Waals surface area (Å²) >= 11 is 0. The summed E-state index contributed by atoms with van der Waals surface area (Å²) in [7, 11) is 0. The normalized spacial score (nSPS) is 25.8. The van der Waals surface area contributed by atoms with Gasteiger partial charge in [-0.15, -0.1) is 0 Å². The molecule has 0 atom stereocenters. The number of likely N-dealkylation sites (tertiary alicyclic amines) is 2. The van der Waals surface area contributed by atoms with Gasteiger partial charge in [0.1, 0.15) is 0 Å². The summed E-state index contributed by atoms with van der Waals surface area (Å²) < 4.78 is 0. The van der Waals surface area contributed by atoms with Crippen molar-refractivity contribution in [2.75, 3.05) is 32.7 Å². The number of aliphatic carboxylic acids is 1. The highest BCUT2D eigenvalue weighted by Gasteiger charge is 2.25. The SMILES string of the molecule is O=C([O-])CN1CCC(N2CCCCC2)CC1. The van der Waals surface area contributed by atoms with Crippen molar-refractivity contribution in [3.8, 4) is 0 Å². The Bertz CT molecular complexity index is 231. The van der Waals surface area contributed by atoms with Crippen molar-refractivity contribution in [1.29, 1.82) is 0 Å². The average Bonchev–Trinajstić information content (AvgIpc) is 2.30. The van der Waals surface area contributed by atoms with Crippen molar-refractivity contribution >= 4 is 5.97 Å². The maximum absolute atomic E-state index is 10.5. The highest BCUT2D eigenvalue weighted by atomic mass is 16.4. The summed E-state index contributed by atoms with van der Waals surface area (Å²) in [4.78, 5) is 15.1. The minimum absolute atomic E-state index is 0.104. The third-order valence-electron chi connectivity index (χ3n) is 3.82. The monoisotopic (exact) mass is 225 g/mol. The van der Waals surface area contributed by atoms with Gasteiger partial charge in [-0.25, -0.2) is 0 Å². The summed E-state index contributed by atoms with van der Waals surface area (Å²) in [6, 6.07) is 0.693. The van der Waals surface area contributed by atoms with Gasteiger partial charge in [-0.2, -0.15) is 0 Å².